The SMILES string of the molecule is [O-]c1coc2ccc3ncsc3c12. The maximum absolute atomic E-state index is 11.4. The van der Waals surface area contributed by atoms with Crippen molar-refractivity contribution in [3.05, 3.63) is 23.9 Å². The number of rotatable bonds is 0. The van der Waals surface area contributed by atoms with Crippen LogP contribution in [0.25, 0.3) is 21.2 Å². The summed E-state index contributed by atoms with van der Waals surface area (Å²) in [4.78, 5) is 4.13. The van der Waals surface area contributed by atoms with E-state index in [-0.39, 0.29) is 5.75 Å². The standard InChI is InChI=1S/C9H5NO2S/c11-6-3-12-7-2-1-5-9(8(6)7)13-4-10-5/h1-4,11H/p-1. The normalized spacial score (nSPS) is 11.4. The lowest BCUT2D eigenvalue weighted by Gasteiger charge is -1.98. The maximum atomic E-state index is 11.4. The summed E-state index contributed by atoms with van der Waals surface area (Å²) in [7, 11) is 0. The van der Waals surface area contributed by atoms with Gasteiger partial charge in [0, 0.05) is 5.39 Å². The number of benzene rings is 1. The Kier molecular flexibility index (Phi) is 1.19. The average Bonchev–Trinajstić information content (AvgIpc) is 2.70. The highest BCUT2D eigenvalue weighted by atomic mass is 32.1. The largest absolute Gasteiger partial charge is 0.870 e. The van der Waals surface area contributed by atoms with Crippen molar-refractivity contribution >= 4 is 32.5 Å². The molecule has 2 aromatic heterocycles. The van der Waals surface area contributed by atoms with Crippen molar-refractivity contribution in [3.8, 4) is 5.75 Å². The molecule has 1 aromatic carbocycles. The Morgan fingerprint density at radius 1 is 1.38 bits per heavy atom. The molecule has 3 rings (SSSR count). The molecule has 0 bridgehead atoms. The zero-order valence-corrected chi connectivity index (χ0v) is 7.30. The van der Waals surface area contributed by atoms with Gasteiger partial charge in [0.1, 0.15) is 5.58 Å². The molecule has 0 saturated heterocycles. The zero-order valence-electron chi connectivity index (χ0n) is 6.48. The van der Waals surface area contributed by atoms with Crippen LogP contribution in [-0.2, 0) is 0 Å². The summed E-state index contributed by atoms with van der Waals surface area (Å²) in [5, 5.41) is 12.0. The highest BCUT2D eigenvalue weighted by Gasteiger charge is 2.05. The molecule has 0 amide bonds. The summed E-state index contributed by atoms with van der Waals surface area (Å²) in [5.74, 6) is -0.0650. The Bertz CT molecular complexity index is 581. The quantitative estimate of drug-likeness (QED) is 0.545. The molecule has 0 aliphatic carbocycles. The van der Waals surface area contributed by atoms with Gasteiger partial charge in [-0.05, 0) is 12.1 Å². The molecular formula is C9H4NO2S-. The first-order valence-electron chi connectivity index (χ1n) is 3.76. The lowest BCUT2D eigenvalue weighted by atomic mass is 10.2. The van der Waals surface area contributed by atoms with Gasteiger partial charge in [0.15, 0.2) is 0 Å². The highest BCUT2D eigenvalue weighted by Crippen LogP contribution is 2.33. The Morgan fingerprint density at radius 3 is 3.23 bits per heavy atom. The van der Waals surface area contributed by atoms with Gasteiger partial charge in [-0.15, -0.1) is 11.3 Å². The van der Waals surface area contributed by atoms with Crippen LogP contribution in [0.1, 0.15) is 0 Å². The molecule has 0 atom stereocenters. The number of furan rings is 1. The van der Waals surface area contributed by atoms with Crippen molar-refractivity contribution in [3.63, 3.8) is 0 Å². The van der Waals surface area contributed by atoms with Gasteiger partial charge in [-0.25, -0.2) is 4.98 Å². The molecule has 3 nitrogen and oxygen atoms in total. The van der Waals surface area contributed by atoms with Crippen LogP contribution in [0.2, 0.25) is 0 Å². The van der Waals surface area contributed by atoms with Crippen LogP contribution in [0.4, 0.5) is 0 Å². The fourth-order valence-corrected chi connectivity index (χ4v) is 2.25. The first-order valence-corrected chi connectivity index (χ1v) is 4.64. The fraction of sp³-hybridized carbons (Fsp3) is 0. The van der Waals surface area contributed by atoms with E-state index >= 15 is 0 Å². The number of fused-ring (bicyclic) bond motifs is 3. The summed E-state index contributed by atoms with van der Waals surface area (Å²) >= 11 is 1.46. The van der Waals surface area contributed by atoms with Gasteiger partial charge < -0.3 is 9.52 Å². The van der Waals surface area contributed by atoms with Gasteiger partial charge in [-0.1, -0.05) is 5.75 Å². The monoisotopic (exact) mass is 190 g/mol. The predicted molar refractivity (Wildman–Crippen MR) is 48.8 cm³/mol. The van der Waals surface area contributed by atoms with E-state index in [9.17, 15) is 5.11 Å². The summed E-state index contributed by atoms with van der Waals surface area (Å²) in [5.41, 5.74) is 3.23. The second kappa shape index (κ2) is 2.23. The molecule has 4 heteroatoms. The Balaban J connectivity index is 2.70. The van der Waals surface area contributed by atoms with Gasteiger partial charge in [-0.2, -0.15) is 0 Å². The van der Waals surface area contributed by atoms with E-state index in [0.29, 0.717) is 11.0 Å². The topological polar surface area (TPSA) is 49.1 Å². The number of aromatic nitrogens is 1. The van der Waals surface area contributed by atoms with Crippen LogP contribution in [0.3, 0.4) is 0 Å². The minimum absolute atomic E-state index is 0.0650. The third-order valence-electron chi connectivity index (χ3n) is 2.00. The second-order valence-electron chi connectivity index (χ2n) is 2.74. The summed E-state index contributed by atoms with van der Waals surface area (Å²) in [6.07, 6.45) is 1.24. The maximum Gasteiger partial charge on any atom is 0.134 e. The van der Waals surface area contributed by atoms with Crippen molar-refractivity contribution in [1.82, 2.24) is 4.98 Å². The molecule has 64 valence electrons. The molecule has 0 N–H and O–H groups in total. The van der Waals surface area contributed by atoms with Crippen molar-refractivity contribution < 1.29 is 9.52 Å². The van der Waals surface area contributed by atoms with Crippen LogP contribution in [0.15, 0.2) is 28.3 Å². The zero-order chi connectivity index (χ0) is 8.84. The second-order valence-corrected chi connectivity index (χ2v) is 3.59. The molecule has 0 saturated carbocycles. The van der Waals surface area contributed by atoms with Gasteiger partial charge in [-0.3, -0.25) is 0 Å². The summed E-state index contributed by atoms with van der Waals surface area (Å²) in [6.45, 7) is 0. The van der Waals surface area contributed by atoms with E-state index in [0.717, 1.165) is 10.2 Å². The van der Waals surface area contributed by atoms with Crippen LogP contribution in [-0.4, -0.2) is 4.98 Å². The first-order chi connectivity index (χ1) is 6.36. The smallest absolute Gasteiger partial charge is 0.134 e. The van der Waals surface area contributed by atoms with E-state index in [1.807, 2.05) is 6.07 Å². The Hall–Kier alpha value is -1.55. The van der Waals surface area contributed by atoms with Gasteiger partial charge in [0.2, 0.25) is 0 Å². The van der Waals surface area contributed by atoms with Gasteiger partial charge in [0.05, 0.1) is 22.0 Å². The molecule has 0 fully saturated rings. The van der Waals surface area contributed by atoms with E-state index in [2.05, 4.69) is 4.98 Å². The van der Waals surface area contributed by atoms with E-state index in [1.54, 1.807) is 11.6 Å². The highest BCUT2D eigenvalue weighted by molar-refractivity contribution is 7.17. The Morgan fingerprint density at radius 2 is 2.31 bits per heavy atom. The summed E-state index contributed by atoms with van der Waals surface area (Å²) in [6, 6.07) is 3.63. The molecule has 0 radical (unpaired) electrons. The lowest BCUT2D eigenvalue weighted by Crippen LogP contribution is -1.85. The molecule has 0 aliphatic heterocycles. The molecule has 3 aromatic rings. The summed E-state index contributed by atoms with van der Waals surface area (Å²) < 4.78 is 6.01. The van der Waals surface area contributed by atoms with E-state index in [4.69, 9.17) is 4.42 Å². The van der Waals surface area contributed by atoms with E-state index in [1.165, 1.54) is 17.6 Å². The van der Waals surface area contributed by atoms with Gasteiger partial charge >= 0.3 is 0 Å². The number of thiazole rings is 1. The Labute approximate surface area is 77.2 Å². The minimum atomic E-state index is -0.0650. The number of hydrogen-bond donors (Lipinski definition) is 0. The molecule has 0 aliphatic rings. The minimum Gasteiger partial charge on any atom is -0.870 e. The van der Waals surface area contributed by atoms with E-state index < -0.39 is 0 Å². The van der Waals surface area contributed by atoms with Crippen LogP contribution < -0.4 is 5.11 Å². The predicted octanol–water partition coefficient (Wildman–Crippen LogP) is 2.12. The number of hydrogen-bond acceptors (Lipinski definition) is 4. The lowest BCUT2D eigenvalue weighted by molar-refractivity contribution is -0.266. The third kappa shape index (κ3) is 0.805. The van der Waals surface area contributed by atoms with Gasteiger partial charge in [0.25, 0.3) is 0 Å². The number of nitrogens with zero attached hydrogens (tertiary/aromatic N) is 1. The molecular weight excluding hydrogens is 186 g/mol. The first kappa shape index (κ1) is 6.91. The van der Waals surface area contributed by atoms with Crippen LogP contribution in [0, 0.1) is 0 Å². The van der Waals surface area contributed by atoms with Crippen molar-refractivity contribution in [2.24, 2.45) is 0 Å². The third-order valence-corrected chi connectivity index (χ3v) is 2.86. The average molecular weight is 190 g/mol. The molecule has 2 heterocycles. The van der Waals surface area contributed by atoms with Crippen LogP contribution >= 0.6 is 11.3 Å². The van der Waals surface area contributed by atoms with Crippen molar-refractivity contribution in [2.45, 2.75) is 0 Å². The van der Waals surface area contributed by atoms with Crippen LogP contribution in [0.5, 0.6) is 5.75 Å². The fourth-order valence-electron chi connectivity index (χ4n) is 1.42. The van der Waals surface area contributed by atoms with Crippen molar-refractivity contribution in [2.75, 3.05) is 0 Å². The molecule has 13 heavy (non-hydrogen) atoms. The molecule has 0 spiro atoms. The van der Waals surface area contributed by atoms with Crippen molar-refractivity contribution in [1.29, 1.82) is 0 Å². The molecule has 0 unspecified atom stereocenters.